The molecule has 0 aliphatic carbocycles. The summed E-state index contributed by atoms with van der Waals surface area (Å²) in [4.78, 5) is 13.7. The summed E-state index contributed by atoms with van der Waals surface area (Å²) in [6.07, 6.45) is 3.40. The maximum absolute atomic E-state index is 12.1. The van der Waals surface area contributed by atoms with E-state index in [0.29, 0.717) is 0 Å². The van der Waals surface area contributed by atoms with Crippen LogP contribution in [-0.4, -0.2) is 32.0 Å². The molecule has 0 radical (unpaired) electrons. The van der Waals surface area contributed by atoms with Gasteiger partial charge in [0.25, 0.3) is 0 Å². The quantitative estimate of drug-likeness (QED) is 0.503. The van der Waals surface area contributed by atoms with Crippen LogP contribution in [0.1, 0.15) is 18.1 Å². The maximum atomic E-state index is 12.1. The molecule has 140 valence electrons. The van der Waals surface area contributed by atoms with Crippen molar-refractivity contribution in [2.75, 3.05) is 21.2 Å². The number of fused-ring (bicyclic) bond motifs is 1. The molecule has 5 heteroatoms. The zero-order valence-electron chi connectivity index (χ0n) is 16.1. The van der Waals surface area contributed by atoms with Gasteiger partial charge in [-0.3, -0.25) is 4.79 Å². The Morgan fingerprint density at radius 3 is 2.63 bits per heavy atom. The average molecular weight is 428 g/mol. The molecule has 0 N–H and O–H groups in total. The minimum Gasteiger partial charge on any atom is -0.496 e. The number of ether oxygens (including phenoxy) is 1. The van der Waals surface area contributed by atoms with Crippen LogP contribution in [0.3, 0.4) is 0 Å². The molecular weight excluding hydrogens is 406 g/mol. The second kappa shape index (κ2) is 7.61. The monoisotopic (exact) mass is 427 g/mol. The number of halogens is 1. The highest BCUT2D eigenvalue weighted by molar-refractivity contribution is 9.10. The van der Waals surface area contributed by atoms with Crippen LogP contribution >= 0.6 is 15.9 Å². The van der Waals surface area contributed by atoms with Gasteiger partial charge in [0.2, 0.25) is 5.91 Å². The number of benzene rings is 2. The lowest BCUT2D eigenvalue weighted by Crippen LogP contribution is -2.19. The highest BCUT2D eigenvalue weighted by Gasteiger charge is 2.19. The van der Waals surface area contributed by atoms with Crippen molar-refractivity contribution in [2.45, 2.75) is 13.8 Å². The lowest BCUT2D eigenvalue weighted by atomic mass is 9.96. The van der Waals surface area contributed by atoms with Crippen molar-refractivity contribution >= 4 is 38.4 Å². The van der Waals surface area contributed by atoms with Crippen LogP contribution in [0.15, 0.2) is 51.6 Å². The van der Waals surface area contributed by atoms with Gasteiger partial charge in [-0.15, -0.1) is 0 Å². The fourth-order valence-corrected chi connectivity index (χ4v) is 3.54. The van der Waals surface area contributed by atoms with E-state index in [1.54, 1.807) is 38.4 Å². The normalized spacial score (nSPS) is 11.7. The van der Waals surface area contributed by atoms with E-state index in [1.807, 2.05) is 38.1 Å². The third kappa shape index (κ3) is 3.65. The Bertz CT molecular complexity index is 1050. The lowest BCUT2D eigenvalue weighted by Gasteiger charge is -2.14. The van der Waals surface area contributed by atoms with Gasteiger partial charge in [0.1, 0.15) is 11.3 Å². The Morgan fingerprint density at radius 2 is 2.00 bits per heavy atom. The molecule has 0 saturated carbocycles. The van der Waals surface area contributed by atoms with Gasteiger partial charge in [0.15, 0.2) is 0 Å². The first kappa shape index (κ1) is 19.2. The Labute approximate surface area is 167 Å². The summed E-state index contributed by atoms with van der Waals surface area (Å²) < 4.78 is 12.5. The number of amides is 1. The van der Waals surface area contributed by atoms with Crippen molar-refractivity contribution < 1.29 is 13.9 Å². The molecule has 3 rings (SSSR count). The summed E-state index contributed by atoms with van der Waals surface area (Å²) in [5, 5.41) is 0.992. The molecule has 0 spiro atoms. The predicted octanol–water partition coefficient (Wildman–Crippen LogP) is 5.67. The minimum absolute atomic E-state index is 0.0632. The smallest absolute Gasteiger partial charge is 0.246 e. The van der Waals surface area contributed by atoms with E-state index in [9.17, 15) is 4.79 Å². The maximum Gasteiger partial charge on any atom is 0.246 e. The third-order valence-electron chi connectivity index (χ3n) is 4.59. The highest BCUT2D eigenvalue weighted by Crippen LogP contribution is 2.40. The molecule has 1 aromatic heterocycles. The van der Waals surface area contributed by atoms with Gasteiger partial charge in [-0.05, 0) is 43.2 Å². The van der Waals surface area contributed by atoms with Crippen molar-refractivity contribution in [2.24, 2.45) is 0 Å². The average Bonchev–Trinajstić information content (AvgIpc) is 3.05. The number of nitrogens with zero attached hydrogens (tertiary/aromatic N) is 1. The van der Waals surface area contributed by atoms with E-state index >= 15 is 0 Å². The van der Waals surface area contributed by atoms with Crippen molar-refractivity contribution in [1.82, 2.24) is 4.90 Å². The second-order valence-electron chi connectivity index (χ2n) is 6.68. The summed E-state index contributed by atoms with van der Waals surface area (Å²) in [5.41, 5.74) is 5.50. The van der Waals surface area contributed by atoms with Gasteiger partial charge >= 0.3 is 0 Å². The fraction of sp³-hybridized carbons (Fsp3) is 0.227. The van der Waals surface area contributed by atoms with Gasteiger partial charge < -0.3 is 14.1 Å². The zero-order valence-corrected chi connectivity index (χ0v) is 17.7. The van der Waals surface area contributed by atoms with Gasteiger partial charge in [-0.1, -0.05) is 28.1 Å². The molecule has 0 aliphatic heterocycles. The van der Waals surface area contributed by atoms with E-state index < -0.39 is 0 Å². The molecule has 4 nitrogen and oxygen atoms in total. The van der Waals surface area contributed by atoms with Crippen molar-refractivity contribution in [3.05, 3.63) is 58.3 Å². The van der Waals surface area contributed by atoms with Crippen LogP contribution in [0.25, 0.3) is 27.7 Å². The number of allylic oxidation sites excluding steroid dienone is 1. The van der Waals surface area contributed by atoms with Crippen LogP contribution in [0.5, 0.6) is 5.75 Å². The molecule has 0 atom stereocenters. The number of rotatable bonds is 4. The molecule has 27 heavy (non-hydrogen) atoms. The standard InChI is InChI=1S/C22H22BrNO3/c1-13(9-20(25)24(3)4)17-11-18-19(15-7-6-8-16(23)10-15)12-27-22(18)14(2)21(17)26-5/h6-12H,1-5H3/b13-9+. The summed E-state index contributed by atoms with van der Waals surface area (Å²) >= 11 is 3.53. The van der Waals surface area contributed by atoms with E-state index in [1.165, 1.54) is 0 Å². The Hall–Kier alpha value is -2.53. The summed E-state index contributed by atoms with van der Waals surface area (Å²) in [6.45, 7) is 3.89. The molecule has 1 heterocycles. The Balaban J connectivity index is 2.25. The topological polar surface area (TPSA) is 42.7 Å². The van der Waals surface area contributed by atoms with E-state index in [2.05, 4.69) is 22.0 Å². The summed E-state index contributed by atoms with van der Waals surface area (Å²) in [7, 11) is 5.11. The number of carbonyl (C=O) groups is 1. The van der Waals surface area contributed by atoms with E-state index in [-0.39, 0.29) is 5.91 Å². The van der Waals surface area contributed by atoms with Crippen LogP contribution in [-0.2, 0) is 4.79 Å². The second-order valence-corrected chi connectivity index (χ2v) is 7.59. The molecule has 2 aromatic carbocycles. The molecular formula is C22H22BrNO3. The lowest BCUT2D eigenvalue weighted by molar-refractivity contribution is -0.123. The predicted molar refractivity (Wildman–Crippen MR) is 113 cm³/mol. The molecule has 1 amide bonds. The van der Waals surface area contributed by atoms with Crippen LogP contribution in [0.4, 0.5) is 0 Å². The first-order valence-electron chi connectivity index (χ1n) is 8.58. The van der Waals surface area contributed by atoms with Crippen molar-refractivity contribution in [1.29, 1.82) is 0 Å². The number of hydrogen-bond donors (Lipinski definition) is 0. The minimum atomic E-state index is -0.0632. The highest BCUT2D eigenvalue weighted by atomic mass is 79.9. The number of furan rings is 1. The SMILES string of the molecule is COc1c(/C(C)=C/C(=O)N(C)C)cc2c(-c3cccc(Br)c3)coc2c1C. The molecule has 0 saturated heterocycles. The van der Waals surface area contributed by atoms with Crippen LogP contribution in [0, 0.1) is 6.92 Å². The molecule has 0 unspecified atom stereocenters. The van der Waals surface area contributed by atoms with Gasteiger partial charge in [0.05, 0.1) is 13.4 Å². The Kier molecular flexibility index (Phi) is 5.42. The third-order valence-corrected chi connectivity index (χ3v) is 5.08. The van der Waals surface area contributed by atoms with Gasteiger partial charge in [-0.2, -0.15) is 0 Å². The van der Waals surface area contributed by atoms with Crippen LogP contribution in [0.2, 0.25) is 0 Å². The van der Waals surface area contributed by atoms with Crippen molar-refractivity contribution in [3.8, 4) is 16.9 Å². The fourth-order valence-electron chi connectivity index (χ4n) is 3.14. The largest absolute Gasteiger partial charge is 0.496 e. The summed E-state index contributed by atoms with van der Waals surface area (Å²) in [5.74, 6) is 0.657. The van der Waals surface area contributed by atoms with E-state index in [4.69, 9.17) is 9.15 Å². The number of likely N-dealkylation sites (N-methyl/N-ethyl adjacent to an activating group) is 1. The Morgan fingerprint density at radius 1 is 1.26 bits per heavy atom. The molecule has 0 bridgehead atoms. The van der Waals surface area contributed by atoms with Crippen molar-refractivity contribution in [3.63, 3.8) is 0 Å². The number of methoxy groups -OCH3 is 1. The number of aryl methyl sites for hydroxylation is 1. The molecule has 0 fully saturated rings. The van der Waals surface area contributed by atoms with Crippen LogP contribution < -0.4 is 4.74 Å². The first-order valence-corrected chi connectivity index (χ1v) is 9.37. The molecule has 0 aliphatic rings. The number of hydrogen-bond acceptors (Lipinski definition) is 3. The van der Waals surface area contributed by atoms with Gasteiger partial charge in [0, 0.05) is 46.7 Å². The van der Waals surface area contributed by atoms with Gasteiger partial charge in [-0.25, -0.2) is 0 Å². The zero-order chi connectivity index (χ0) is 19.7. The number of carbonyl (C=O) groups excluding carboxylic acids is 1. The summed E-state index contributed by atoms with van der Waals surface area (Å²) in [6, 6.07) is 10.1. The first-order chi connectivity index (χ1) is 12.8. The van der Waals surface area contributed by atoms with E-state index in [0.717, 1.165) is 49.0 Å². The molecule has 3 aromatic rings.